The van der Waals surface area contributed by atoms with Crippen LogP contribution < -0.4 is 4.74 Å². The second-order valence-electron chi connectivity index (χ2n) is 4.01. The van der Waals surface area contributed by atoms with E-state index < -0.39 is 0 Å². The Bertz CT molecular complexity index is 564. The van der Waals surface area contributed by atoms with Crippen molar-refractivity contribution in [3.63, 3.8) is 0 Å². The van der Waals surface area contributed by atoms with Crippen molar-refractivity contribution in [2.75, 3.05) is 6.61 Å². The number of Topliss-reactive ketones (excluding diaryl/α,β-unsaturated/α-hetero) is 1. The number of aryl methyl sites for hydroxylation is 1. The van der Waals surface area contributed by atoms with Gasteiger partial charge in [-0.3, -0.25) is 4.79 Å². The summed E-state index contributed by atoms with van der Waals surface area (Å²) in [7, 11) is 0. The smallest absolute Gasteiger partial charge is 0.200 e. The first-order valence-electron chi connectivity index (χ1n) is 5.64. The highest BCUT2D eigenvalue weighted by Crippen LogP contribution is 2.19. The molecule has 0 radical (unpaired) electrons. The number of carbonyl (C=O) groups excluding carboxylic acids is 1. The summed E-state index contributed by atoms with van der Waals surface area (Å²) in [6.45, 7) is 2.04. The minimum absolute atomic E-state index is 0.00152. The van der Waals surface area contributed by atoms with Crippen LogP contribution >= 0.6 is 22.6 Å². The van der Waals surface area contributed by atoms with Crippen LogP contribution in [0.15, 0.2) is 48.5 Å². The molecular formula is C15H13IO2. The van der Waals surface area contributed by atoms with Crippen LogP contribution in [0.25, 0.3) is 0 Å². The van der Waals surface area contributed by atoms with E-state index in [1.54, 1.807) is 0 Å². The summed E-state index contributed by atoms with van der Waals surface area (Å²) in [5.41, 5.74) is 1.77. The Kier molecular flexibility index (Phi) is 4.36. The van der Waals surface area contributed by atoms with Crippen molar-refractivity contribution in [1.29, 1.82) is 0 Å². The standard InChI is InChI=1S/C15H13IO2/c1-11-5-4-6-12(9-11)14(17)10-18-15-8-3-2-7-13(15)16/h2-9H,10H2,1H3. The van der Waals surface area contributed by atoms with Gasteiger partial charge in [-0.05, 0) is 47.7 Å². The Morgan fingerprint density at radius 1 is 1.17 bits per heavy atom. The molecule has 2 rings (SSSR count). The molecule has 18 heavy (non-hydrogen) atoms. The zero-order valence-corrected chi connectivity index (χ0v) is 12.2. The SMILES string of the molecule is Cc1cccc(C(=O)COc2ccccc2I)c1. The molecule has 2 nitrogen and oxygen atoms in total. The van der Waals surface area contributed by atoms with Crippen LogP contribution in [-0.4, -0.2) is 12.4 Å². The Morgan fingerprint density at radius 2 is 1.94 bits per heavy atom. The van der Waals surface area contributed by atoms with Crippen LogP contribution in [0.1, 0.15) is 15.9 Å². The first-order chi connectivity index (χ1) is 8.66. The van der Waals surface area contributed by atoms with Gasteiger partial charge in [0.1, 0.15) is 5.75 Å². The van der Waals surface area contributed by atoms with Gasteiger partial charge in [0.15, 0.2) is 12.4 Å². The predicted molar refractivity (Wildman–Crippen MR) is 80.2 cm³/mol. The van der Waals surface area contributed by atoms with Gasteiger partial charge in [0, 0.05) is 5.56 Å². The lowest BCUT2D eigenvalue weighted by Crippen LogP contribution is -2.12. The molecule has 2 aromatic carbocycles. The largest absolute Gasteiger partial charge is 0.484 e. The molecule has 0 spiro atoms. The molecule has 0 fully saturated rings. The summed E-state index contributed by atoms with van der Waals surface area (Å²) in [5.74, 6) is 0.748. The predicted octanol–water partition coefficient (Wildman–Crippen LogP) is 3.86. The van der Waals surface area contributed by atoms with E-state index in [1.807, 2.05) is 55.5 Å². The molecule has 0 aliphatic rings. The lowest BCUT2D eigenvalue weighted by atomic mass is 10.1. The van der Waals surface area contributed by atoms with Crippen molar-refractivity contribution < 1.29 is 9.53 Å². The second kappa shape index (κ2) is 6.00. The second-order valence-corrected chi connectivity index (χ2v) is 5.17. The molecule has 0 aliphatic heterocycles. The lowest BCUT2D eigenvalue weighted by Gasteiger charge is -2.07. The number of hydrogen-bond donors (Lipinski definition) is 0. The van der Waals surface area contributed by atoms with Crippen LogP contribution in [0, 0.1) is 10.5 Å². The molecule has 92 valence electrons. The first kappa shape index (κ1) is 13.1. The molecule has 0 aromatic heterocycles. The molecule has 0 aliphatic carbocycles. The molecule has 0 saturated carbocycles. The maximum Gasteiger partial charge on any atom is 0.200 e. The molecule has 3 heteroatoms. The van der Waals surface area contributed by atoms with Crippen LogP contribution in [-0.2, 0) is 0 Å². The van der Waals surface area contributed by atoms with E-state index in [9.17, 15) is 4.79 Å². The van der Waals surface area contributed by atoms with Gasteiger partial charge in [0.2, 0.25) is 0 Å². The first-order valence-corrected chi connectivity index (χ1v) is 6.72. The van der Waals surface area contributed by atoms with Crippen molar-refractivity contribution in [2.24, 2.45) is 0 Å². The van der Waals surface area contributed by atoms with Crippen molar-refractivity contribution in [3.8, 4) is 5.75 Å². The molecule has 2 aromatic rings. The molecule has 0 amide bonds. The van der Waals surface area contributed by atoms with Crippen molar-refractivity contribution in [2.45, 2.75) is 6.92 Å². The Labute approximate surface area is 120 Å². The van der Waals surface area contributed by atoms with Gasteiger partial charge < -0.3 is 4.74 Å². The molecular weight excluding hydrogens is 339 g/mol. The van der Waals surface area contributed by atoms with Crippen molar-refractivity contribution >= 4 is 28.4 Å². The summed E-state index contributed by atoms with van der Waals surface area (Å²) < 4.78 is 6.54. The Hall–Kier alpha value is -1.36. The van der Waals surface area contributed by atoms with Crippen LogP contribution in [0.2, 0.25) is 0 Å². The summed E-state index contributed by atoms with van der Waals surface area (Å²) in [6.07, 6.45) is 0. The van der Waals surface area contributed by atoms with Gasteiger partial charge in [0.05, 0.1) is 3.57 Å². The number of ketones is 1. The summed E-state index contributed by atoms with van der Waals surface area (Å²) in [6, 6.07) is 15.2. The minimum atomic E-state index is -0.00152. The lowest BCUT2D eigenvalue weighted by molar-refractivity contribution is 0.0921. The van der Waals surface area contributed by atoms with Gasteiger partial charge in [0.25, 0.3) is 0 Å². The van der Waals surface area contributed by atoms with E-state index in [4.69, 9.17) is 4.74 Å². The number of halogens is 1. The highest BCUT2D eigenvalue weighted by atomic mass is 127. The van der Waals surface area contributed by atoms with E-state index in [1.165, 1.54) is 0 Å². The molecule has 0 bridgehead atoms. The number of carbonyl (C=O) groups is 1. The molecule has 0 unspecified atom stereocenters. The number of para-hydroxylation sites is 1. The van der Waals surface area contributed by atoms with E-state index in [-0.39, 0.29) is 12.4 Å². The van der Waals surface area contributed by atoms with Crippen LogP contribution in [0.5, 0.6) is 5.75 Å². The van der Waals surface area contributed by atoms with Gasteiger partial charge in [-0.15, -0.1) is 0 Å². The molecule has 0 atom stereocenters. The summed E-state index contributed by atoms with van der Waals surface area (Å²) in [5, 5.41) is 0. The third-order valence-electron chi connectivity index (χ3n) is 2.54. The highest BCUT2D eigenvalue weighted by Gasteiger charge is 2.08. The third kappa shape index (κ3) is 3.32. The zero-order chi connectivity index (χ0) is 13.0. The van der Waals surface area contributed by atoms with Crippen molar-refractivity contribution in [1.82, 2.24) is 0 Å². The zero-order valence-electron chi connectivity index (χ0n) is 10.0. The maximum absolute atomic E-state index is 12.0. The summed E-state index contributed by atoms with van der Waals surface area (Å²) >= 11 is 2.19. The maximum atomic E-state index is 12.0. The Balaban J connectivity index is 2.03. The third-order valence-corrected chi connectivity index (χ3v) is 3.43. The van der Waals surface area contributed by atoms with E-state index in [0.29, 0.717) is 5.56 Å². The number of ether oxygens (including phenoxy) is 1. The normalized spacial score (nSPS) is 10.1. The van der Waals surface area contributed by atoms with Crippen molar-refractivity contribution in [3.05, 3.63) is 63.2 Å². The monoisotopic (exact) mass is 352 g/mol. The van der Waals surface area contributed by atoms with Gasteiger partial charge in [-0.1, -0.05) is 35.9 Å². The van der Waals surface area contributed by atoms with Crippen LogP contribution in [0.4, 0.5) is 0 Å². The van der Waals surface area contributed by atoms with Gasteiger partial charge in [-0.25, -0.2) is 0 Å². The van der Waals surface area contributed by atoms with Gasteiger partial charge >= 0.3 is 0 Å². The van der Waals surface area contributed by atoms with E-state index >= 15 is 0 Å². The molecule has 0 saturated heterocycles. The fourth-order valence-electron chi connectivity index (χ4n) is 1.61. The number of hydrogen-bond acceptors (Lipinski definition) is 2. The van der Waals surface area contributed by atoms with Gasteiger partial charge in [-0.2, -0.15) is 0 Å². The summed E-state index contributed by atoms with van der Waals surface area (Å²) in [4.78, 5) is 12.0. The van der Waals surface area contributed by atoms with E-state index in [0.717, 1.165) is 14.9 Å². The average molecular weight is 352 g/mol. The fourth-order valence-corrected chi connectivity index (χ4v) is 2.15. The van der Waals surface area contributed by atoms with E-state index in [2.05, 4.69) is 22.6 Å². The van der Waals surface area contributed by atoms with Crippen LogP contribution in [0.3, 0.4) is 0 Å². The topological polar surface area (TPSA) is 26.3 Å². The quantitative estimate of drug-likeness (QED) is 0.617. The molecule has 0 heterocycles. The highest BCUT2D eigenvalue weighted by molar-refractivity contribution is 14.1. The molecule has 0 N–H and O–H groups in total. The number of rotatable bonds is 4. The average Bonchev–Trinajstić information content (AvgIpc) is 2.37. The Morgan fingerprint density at radius 3 is 2.67 bits per heavy atom. The minimum Gasteiger partial charge on any atom is -0.484 e. The number of benzene rings is 2. The fraction of sp³-hybridized carbons (Fsp3) is 0.133.